The van der Waals surface area contributed by atoms with E-state index in [-0.39, 0.29) is 28.7 Å². The van der Waals surface area contributed by atoms with Gasteiger partial charge in [-0.15, -0.1) is 0 Å². The fourth-order valence-corrected chi connectivity index (χ4v) is 3.49. The van der Waals surface area contributed by atoms with Gasteiger partial charge in [0.05, 0.1) is 17.8 Å². The normalized spacial score (nSPS) is 14.6. The Bertz CT molecular complexity index is 1210. The summed E-state index contributed by atoms with van der Waals surface area (Å²) < 4.78 is 24.9. The predicted molar refractivity (Wildman–Crippen MR) is 119 cm³/mol. The molecule has 0 unspecified atom stereocenters. The molecule has 0 aromatic heterocycles. The first-order valence-electron chi connectivity index (χ1n) is 9.64. The van der Waals surface area contributed by atoms with E-state index in [0.717, 1.165) is 0 Å². The summed E-state index contributed by atoms with van der Waals surface area (Å²) in [6.07, 6.45) is 1.43. The molecule has 0 bridgehead atoms. The van der Waals surface area contributed by atoms with E-state index in [4.69, 9.17) is 21.1 Å². The lowest BCUT2D eigenvalue weighted by atomic mass is 10.1. The van der Waals surface area contributed by atoms with Crippen LogP contribution in [-0.2, 0) is 16.2 Å². The van der Waals surface area contributed by atoms with Crippen LogP contribution in [0.15, 0.2) is 72.3 Å². The number of anilines is 1. The van der Waals surface area contributed by atoms with E-state index in [1.807, 2.05) is 6.07 Å². The number of ether oxygens (including phenoxy) is 2. The van der Waals surface area contributed by atoms with E-state index in [1.54, 1.807) is 54.6 Å². The molecule has 6 nitrogen and oxygen atoms in total. The van der Waals surface area contributed by atoms with Crippen molar-refractivity contribution in [3.05, 3.63) is 94.3 Å². The third-order valence-electron chi connectivity index (χ3n) is 4.80. The second-order valence-corrected chi connectivity index (χ2v) is 7.30. The Morgan fingerprint density at radius 3 is 2.50 bits per heavy atom. The van der Waals surface area contributed by atoms with Crippen molar-refractivity contribution in [2.24, 2.45) is 0 Å². The first kappa shape index (κ1) is 21.4. The van der Waals surface area contributed by atoms with Crippen molar-refractivity contribution >= 4 is 35.2 Å². The minimum atomic E-state index is -0.533. The zero-order valence-electron chi connectivity index (χ0n) is 17.0. The van der Waals surface area contributed by atoms with Crippen molar-refractivity contribution in [2.45, 2.75) is 6.61 Å². The van der Waals surface area contributed by atoms with E-state index in [2.05, 4.69) is 5.43 Å². The summed E-state index contributed by atoms with van der Waals surface area (Å²) in [7, 11) is 1.43. The Hall–Kier alpha value is -3.84. The number of benzene rings is 3. The van der Waals surface area contributed by atoms with Gasteiger partial charge in [0.15, 0.2) is 11.5 Å². The minimum Gasteiger partial charge on any atom is -0.493 e. The molecule has 0 radical (unpaired) electrons. The maximum atomic E-state index is 13.9. The molecule has 1 aliphatic rings. The molecule has 0 aliphatic carbocycles. The second-order valence-electron chi connectivity index (χ2n) is 6.89. The molecule has 162 valence electrons. The number of hydrogen-bond donors (Lipinski definition) is 1. The van der Waals surface area contributed by atoms with Crippen molar-refractivity contribution < 1.29 is 23.5 Å². The van der Waals surface area contributed by atoms with E-state index in [1.165, 1.54) is 24.3 Å². The van der Waals surface area contributed by atoms with Crippen molar-refractivity contribution in [3.8, 4) is 11.5 Å². The Morgan fingerprint density at radius 2 is 1.78 bits per heavy atom. The van der Waals surface area contributed by atoms with Crippen LogP contribution in [0.2, 0.25) is 5.02 Å². The van der Waals surface area contributed by atoms with Gasteiger partial charge in [0.1, 0.15) is 18.0 Å². The van der Waals surface area contributed by atoms with Gasteiger partial charge in [-0.05, 0) is 42.0 Å². The molecule has 1 heterocycles. The molecule has 32 heavy (non-hydrogen) atoms. The molecule has 1 aliphatic heterocycles. The van der Waals surface area contributed by atoms with Gasteiger partial charge < -0.3 is 9.47 Å². The summed E-state index contributed by atoms with van der Waals surface area (Å²) in [5, 5.41) is 1.37. The summed E-state index contributed by atoms with van der Waals surface area (Å²) in [5.41, 5.74) is 3.87. The molecule has 0 saturated carbocycles. The zero-order chi connectivity index (χ0) is 22.7. The summed E-state index contributed by atoms with van der Waals surface area (Å²) >= 11 is 6.38. The monoisotopic (exact) mass is 452 g/mol. The summed E-state index contributed by atoms with van der Waals surface area (Å²) in [4.78, 5) is 25.2. The van der Waals surface area contributed by atoms with Crippen LogP contribution in [0.1, 0.15) is 11.1 Å². The average Bonchev–Trinajstić information content (AvgIpc) is 3.08. The Labute approximate surface area is 188 Å². The minimum absolute atomic E-state index is 0.0455. The molecule has 3 aromatic carbocycles. The van der Waals surface area contributed by atoms with Crippen LogP contribution in [-0.4, -0.2) is 18.9 Å². The second kappa shape index (κ2) is 9.11. The first-order chi connectivity index (χ1) is 15.5. The Morgan fingerprint density at radius 1 is 1.06 bits per heavy atom. The maximum absolute atomic E-state index is 13.9. The molecule has 1 saturated heterocycles. The number of rotatable bonds is 6. The number of nitrogens with zero attached hydrogens (tertiary/aromatic N) is 1. The molecule has 0 spiro atoms. The van der Waals surface area contributed by atoms with Crippen molar-refractivity contribution in [2.75, 3.05) is 12.1 Å². The van der Waals surface area contributed by atoms with Gasteiger partial charge in [-0.1, -0.05) is 48.0 Å². The van der Waals surface area contributed by atoms with Crippen LogP contribution in [0.3, 0.4) is 0 Å². The lowest BCUT2D eigenvalue weighted by molar-refractivity contribution is -0.117. The molecule has 8 heteroatoms. The van der Waals surface area contributed by atoms with Crippen molar-refractivity contribution in [3.63, 3.8) is 0 Å². The molecular formula is C24H18ClFN2O4. The van der Waals surface area contributed by atoms with Gasteiger partial charge in [0.2, 0.25) is 0 Å². The maximum Gasteiger partial charge on any atom is 0.282 e. The smallest absolute Gasteiger partial charge is 0.282 e. The van der Waals surface area contributed by atoms with E-state index >= 15 is 0 Å². The summed E-state index contributed by atoms with van der Waals surface area (Å²) in [5.74, 6) is -0.901. The number of carbonyl (C=O) groups is 2. The quantitative estimate of drug-likeness (QED) is 0.441. The molecule has 0 atom stereocenters. The van der Waals surface area contributed by atoms with Crippen LogP contribution >= 0.6 is 11.6 Å². The topological polar surface area (TPSA) is 67.9 Å². The number of nitrogens with one attached hydrogen (secondary N) is 1. The third-order valence-corrected chi connectivity index (χ3v) is 5.08. The van der Waals surface area contributed by atoms with Crippen LogP contribution < -0.4 is 19.9 Å². The predicted octanol–water partition coefficient (Wildman–Crippen LogP) is 4.53. The lowest BCUT2D eigenvalue weighted by Gasteiger charge is -2.14. The van der Waals surface area contributed by atoms with Crippen LogP contribution in [0.4, 0.5) is 10.1 Å². The highest BCUT2D eigenvalue weighted by Crippen LogP contribution is 2.38. The zero-order valence-corrected chi connectivity index (χ0v) is 17.7. The van der Waals surface area contributed by atoms with Crippen molar-refractivity contribution in [1.29, 1.82) is 0 Å². The summed E-state index contributed by atoms with van der Waals surface area (Å²) in [6.45, 7) is -0.0455. The number of methoxy groups -OCH3 is 1. The fraction of sp³-hybridized carbons (Fsp3) is 0.0833. The fourth-order valence-electron chi connectivity index (χ4n) is 3.21. The molecule has 3 aromatic rings. The molecule has 4 rings (SSSR count). The highest BCUT2D eigenvalue weighted by Gasteiger charge is 2.34. The van der Waals surface area contributed by atoms with E-state index in [9.17, 15) is 14.0 Å². The van der Waals surface area contributed by atoms with E-state index in [0.29, 0.717) is 16.8 Å². The van der Waals surface area contributed by atoms with Crippen LogP contribution in [0, 0.1) is 5.82 Å². The number of amides is 2. The van der Waals surface area contributed by atoms with Crippen LogP contribution in [0.25, 0.3) is 6.08 Å². The van der Waals surface area contributed by atoms with Gasteiger partial charge >= 0.3 is 0 Å². The Kier molecular flexibility index (Phi) is 6.09. The molecule has 1 fully saturated rings. The molecule has 2 amide bonds. The Balaban J connectivity index is 1.60. The number of halogens is 2. The van der Waals surface area contributed by atoms with Crippen LogP contribution in [0.5, 0.6) is 11.5 Å². The standard InChI is InChI=1S/C24H18ClFN2O4/c1-31-21-13-15(12-19(25)22(21)32-14-16-7-5-6-10-20(16)26)11-18-23(29)27-28(24(18)30)17-8-3-2-4-9-17/h2-13H,14H2,1H3,(H,27,29)/b18-11-. The van der Waals surface area contributed by atoms with Gasteiger partial charge in [0, 0.05) is 5.56 Å². The van der Waals surface area contributed by atoms with Gasteiger partial charge in [-0.25, -0.2) is 9.40 Å². The van der Waals surface area contributed by atoms with E-state index < -0.39 is 17.6 Å². The largest absolute Gasteiger partial charge is 0.493 e. The number of hydrogen-bond acceptors (Lipinski definition) is 4. The van der Waals surface area contributed by atoms with Gasteiger partial charge in [0.25, 0.3) is 11.8 Å². The highest BCUT2D eigenvalue weighted by molar-refractivity contribution is 6.33. The van der Waals surface area contributed by atoms with Gasteiger partial charge in [-0.2, -0.15) is 0 Å². The van der Waals surface area contributed by atoms with Gasteiger partial charge in [-0.3, -0.25) is 15.0 Å². The molecular weight excluding hydrogens is 435 g/mol. The third kappa shape index (κ3) is 4.29. The molecule has 1 N–H and O–H groups in total. The van der Waals surface area contributed by atoms with Crippen molar-refractivity contribution in [1.82, 2.24) is 5.43 Å². The lowest BCUT2D eigenvalue weighted by Crippen LogP contribution is -2.35. The first-order valence-corrected chi connectivity index (χ1v) is 10.0. The highest BCUT2D eigenvalue weighted by atomic mass is 35.5. The summed E-state index contributed by atoms with van der Waals surface area (Å²) in [6, 6.07) is 18.1. The number of hydrazine groups is 1. The average molecular weight is 453 g/mol. The SMILES string of the molecule is COc1cc(/C=C2/C(=O)NN(c3ccccc3)C2=O)cc(Cl)c1OCc1ccccc1F. The number of para-hydroxylation sites is 1. The number of carbonyl (C=O) groups excluding carboxylic acids is 2.